The Morgan fingerprint density at radius 2 is 1.54 bits per heavy atom. The molecule has 41 heavy (non-hydrogen) atoms. The van der Waals surface area contributed by atoms with Crippen LogP contribution in [0.2, 0.25) is 0 Å². The number of carbonyl (C=O) groups is 2. The fraction of sp³-hybridized carbons (Fsp3) is 0.265. The van der Waals surface area contributed by atoms with Crippen LogP contribution in [0.3, 0.4) is 0 Å². The van der Waals surface area contributed by atoms with Crippen molar-refractivity contribution in [3.63, 3.8) is 0 Å². The first-order valence-electron chi connectivity index (χ1n) is 14.1. The monoisotopic (exact) mass is 551 g/mol. The van der Waals surface area contributed by atoms with Crippen molar-refractivity contribution in [1.82, 2.24) is 10.3 Å². The molecule has 4 aromatic rings. The van der Waals surface area contributed by atoms with E-state index in [1.807, 2.05) is 66.7 Å². The van der Waals surface area contributed by atoms with Gasteiger partial charge in [-0.1, -0.05) is 67.9 Å². The second-order valence-corrected chi connectivity index (χ2v) is 9.76. The summed E-state index contributed by atoms with van der Waals surface area (Å²) in [4.78, 5) is 30.3. The third-order valence-electron chi connectivity index (χ3n) is 6.49. The Bertz CT molecular complexity index is 1340. The zero-order chi connectivity index (χ0) is 28.7. The molecule has 0 aliphatic rings. The lowest BCUT2D eigenvalue weighted by Crippen LogP contribution is -2.44. The Hall–Kier alpha value is -4.33. The molecule has 1 amide bonds. The minimum atomic E-state index is -0.656. The fourth-order valence-corrected chi connectivity index (χ4v) is 4.16. The maximum atomic E-state index is 13.2. The van der Waals surface area contributed by atoms with E-state index in [0.717, 1.165) is 36.1 Å². The molecule has 0 fully saturated rings. The van der Waals surface area contributed by atoms with Crippen LogP contribution < -0.4 is 15.4 Å². The topological polar surface area (TPSA) is 89.5 Å². The van der Waals surface area contributed by atoms with E-state index < -0.39 is 6.04 Å². The number of para-hydroxylation sites is 1. The number of rotatable bonds is 16. The Balaban J connectivity index is 1.32. The van der Waals surface area contributed by atoms with E-state index in [1.54, 1.807) is 36.5 Å². The van der Waals surface area contributed by atoms with E-state index in [9.17, 15) is 9.59 Å². The lowest BCUT2D eigenvalue weighted by Gasteiger charge is -2.19. The highest BCUT2D eigenvalue weighted by Gasteiger charge is 2.19. The van der Waals surface area contributed by atoms with Crippen molar-refractivity contribution in [3.8, 4) is 11.5 Å². The predicted octanol–water partition coefficient (Wildman–Crippen LogP) is 6.60. The third kappa shape index (κ3) is 9.98. The zero-order valence-electron chi connectivity index (χ0n) is 23.4. The molecule has 2 N–H and O–H groups in total. The molecule has 1 aromatic heterocycles. The summed E-state index contributed by atoms with van der Waals surface area (Å²) in [5.74, 6) is 1.08. The van der Waals surface area contributed by atoms with Crippen LogP contribution >= 0.6 is 0 Å². The summed E-state index contributed by atoms with van der Waals surface area (Å²) in [7, 11) is 0. The molecule has 0 spiro atoms. The summed E-state index contributed by atoms with van der Waals surface area (Å²) < 4.78 is 11.7. The van der Waals surface area contributed by atoms with Crippen molar-refractivity contribution < 1.29 is 19.1 Å². The second-order valence-electron chi connectivity index (χ2n) is 9.76. The molecule has 0 radical (unpaired) electrons. The van der Waals surface area contributed by atoms with Gasteiger partial charge in [-0.3, -0.25) is 14.6 Å². The number of aromatic nitrogens is 1. The average molecular weight is 552 g/mol. The second kappa shape index (κ2) is 16.1. The molecule has 1 unspecified atom stereocenters. The third-order valence-corrected chi connectivity index (χ3v) is 6.49. The number of ketones is 1. The van der Waals surface area contributed by atoms with Crippen LogP contribution in [0.5, 0.6) is 11.5 Å². The molecule has 0 saturated carbocycles. The van der Waals surface area contributed by atoms with E-state index in [-0.39, 0.29) is 24.7 Å². The summed E-state index contributed by atoms with van der Waals surface area (Å²) in [5.41, 5.74) is 3.22. The largest absolute Gasteiger partial charge is 0.457 e. The van der Waals surface area contributed by atoms with Gasteiger partial charge in [-0.05, 0) is 66.4 Å². The molecule has 3 aromatic carbocycles. The minimum Gasteiger partial charge on any atom is -0.457 e. The predicted molar refractivity (Wildman–Crippen MR) is 161 cm³/mol. The number of pyridine rings is 1. The summed E-state index contributed by atoms with van der Waals surface area (Å²) in [5, 5.41) is 6.14. The first-order chi connectivity index (χ1) is 20.1. The minimum absolute atomic E-state index is 0.0714. The molecule has 0 aliphatic carbocycles. The maximum absolute atomic E-state index is 13.2. The van der Waals surface area contributed by atoms with Crippen LogP contribution in [-0.2, 0) is 22.6 Å². The van der Waals surface area contributed by atoms with Crippen molar-refractivity contribution in [3.05, 3.63) is 120 Å². The van der Waals surface area contributed by atoms with Crippen LogP contribution in [0.1, 0.15) is 47.8 Å². The molecule has 7 nitrogen and oxygen atoms in total. The molecule has 0 aliphatic heterocycles. The van der Waals surface area contributed by atoms with E-state index in [4.69, 9.17) is 9.47 Å². The van der Waals surface area contributed by atoms with E-state index in [1.165, 1.54) is 0 Å². The number of benzene rings is 3. The average Bonchev–Trinajstić information content (AvgIpc) is 3.01. The summed E-state index contributed by atoms with van der Waals surface area (Å²) in [6, 6.07) is 29.6. The van der Waals surface area contributed by atoms with Gasteiger partial charge < -0.3 is 20.1 Å². The van der Waals surface area contributed by atoms with Gasteiger partial charge >= 0.3 is 0 Å². The van der Waals surface area contributed by atoms with Gasteiger partial charge in [0.15, 0.2) is 5.78 Å². The van der Waals surface area contributed by atoms with Crippen molar-refractivity contribution in [2.45, 2.75) is 45.3 Å². The highest BCUT2D eigenvalue weighted by Crippen LogP contribution is 2.22. The van der Waals surface area contributed by atoms with Crippen LogP contribution in [0.25, 0.3) is 0 Å². The molecule has 0 bridgehead atoms. The molecule has 1 heterocycles. The number of carbonyl (C=O) groups excluding carboxylic acids is 2. The Morgan fingerprint density at radius 3 is 2.22 bits per heavy atom. The lowest BCUT2D eigenvalue weighted by atomic mass is 10.1. The number of nitrogens with zero attached hydrogens (tertiary/aromatic N) is 1. The number of hydrogen-bond acceptors (Lipinski definition) is 6. The standard InChI is InChI=1S/C34H37N3O4/c1-2-3-10-26-15-20-31(36-23-26)33(38)21-22-35-32(25-40-24-27-11-6-4-7-12-27)34(39)37-28-16-18-30(19-17-28)41-29-13-8-5-9-14-29/h4-9,11-20,23,32,35H,2-3,10,21-22,24-25H2,1H3,(H,37,39). The highest BCUT2D eigenvalue weighted by molar-refractivity contribution is 5.95. The van der Waals surface area contributed by atoms with Gasteiger partial charge in [0.2, 0.25) is 5.91 Å². The highest BCUT2D eigenvalue weighted by atomic mass is 16.5. The quantitative estimate of drug-likeness (QED) is 0.153. The van der Waals surface area contributed by atoms with Crippen LogP contribution in [0, 0.1) is 0 Å². The van der Waals surface area contributed by atoms with Crippen molar-refractivity contribution in [1.29, 1.82) is 0 Å². The first-order valence-corrected chi connectivity index (χ1v) is 14.1. The molecular weight excluding hydrogens is 514 g/mol. The Labute approximate surface area is 241 Å². The van der Waals surface area contributed by atoms with Gasteiger partial charge in [0.25, 0.3) is 0 Å². The number of unbranched alkanes of at least 4 members (excludes halogenated alkanes) is 1. The maximum Gasteiger partial charge on any atom is 0.243 e. The summed E-state index contributed by atoms with van der Waals surface area (Å²) in [6.45, 7) is 2.99. The van der Waals surface area contributed by atoms with Gasteiger partial charge in [-0.25, -0.2) is 0 Å². The summed E-state index contributed by atoms with van der Waals surface area (Å²) in [6.07, 6.45) is 5.17. The summed E-state index contributed by atoms with van der Waals surface area (Å²) >= 11 is 0. The number of hydrogen-bond donors (Lipinski definition) is 2. The van der Waals surface area contributed by atoms with Crippen LogP contribution in [-0.4, -0.2) is 35.9 Å². The van der Waals surface area contributed by atoms with Gasteiger partial charge in [-0.15, -0.1) is 0 Å². The SMILES string of the molecule is CCCCc1ccc(C(=O)CCNC(COCc2ccccc2)C(=O)Nc2ccc(Oc3ccccc3)cc2)nc1. The number of anilines is 1. The van der Waals surface area contributed by atoms with E-state index >= 15 is 0 Å². The molecule has 7 heteroatoms. The number of nitrogens with one attached hydrogen (secondary N) is 2. The van der Waals surface area contributed by atoms with Crippen molar-refractivity contribution in [2.24, 2.45) is 0 Å². The number of Topliss-reactive ketones (excluding diaryl/α,β-unsaturated/α-hetero) is 1. The number of amides is 1. The number of ether oxygens (including phenoxy) is 2. The molecule has 0 saturated heterocycles. The van der Waals surface area contributed by atoms with Crippen LogP contribution in [0.15, 0.2) is 103 Å². The van der Waals surface area contributed by atoms with Gasteiger partial charge in [0, 0.05) is 24.8 Å². The lowest BCUT2D eigenvalue weighted by molar-refractivity contribution is -0.119. The molecular formula is C34H37N3O4. The van der Waals surface area contributed by atoms with Gasteiger partial charge in [0.05, 0.1) is 13.2 Å². The van der Waals surface area contributed by atoms with E-state index in [0.29, 0.717) is 30.3 Å². The Kier molecular flexibility index (Phi) is 11.6. The zero-order valence-corrected chi connectivity index (χ0v) is 23.4. The Morgan fingerprint density at radius 1 is 0.829 bits per heavy atom. The first kappa shape index (κ1) is 29.6. The van der Waals surface area contributed by atoms with E-state index in [2.05, 4.69) is 22.5 Å². The molecule has 212 valence electrons. The molecule has 1 atom stereocenters. The van der Waals surface area contributed by atoms with Crippen molar-refractivity contribution in [2.75, 3.05) is 18.5 Å². The number of aryl methyl sites for hydroxylation is 1. The fourth-order valence-electron chi connectivity index (χ4n) is 4.16. The van der Waals surface area contributed by atoms with Gasteiger partial charge in [0.1, 0.15) is 23.2 Å². The van der Waals surface area contributed by atoms with Crippen molar-refractivity contribution >= 4 is 17.4 Å². The normalized spacial score (nSPS) is 11.5. The van der Waals surface area contributed by atoms with Gasteiger partial charge in [-0.2, -0.15) is 0 Å². The smallest absolute Gasteiger partial charge is 0.243 e. The molecule has 4 rings (SSSR count). The van der Waals surface area contributed by atoms with Crippen LogP contribution in [0.4, 0.5) is 5.69 Å².